The summed E-state index contributed by atoms with van der Waals surface area (Å²) in [5.74, 6) is -0.285. The van der Waals surface area contributed by atoms with Crippen LogP contribution in [-0.4, -0.2) is 37.0 Å². The topological polar surface area (TPSA) is 58.7 Å². The molecule has 1 aliphatic heterocycles. The predicted octanol–water partition coefficient (Wildman–Crippen LogP) is 1.43. The van der Waals surface area contributed by atoms with Crippen LogP contribution in [0, 0.1) is 5.82 Å². The SMILES string of the molecule is CC(N)c1c(F)cccc1N1CC(CO)OCC1C. The number of rotatable bonds is 3. The van der Waals surface area contributed by atoms with Crippen molar-refractivity contribution in [1.29, 1.82) is 0 Å². The van der Waals surface area contributed by atoms with Gasteiger partial charge in [-0.3, -0.25) is 0 Å². The van der Waals surface area contributed by atoms with Crippen LogP contribution >= 0.6 is 0 Å². The van der Waals surface area contributed by atoms with Gasteiger partial charge in [-0.15, -0.1) is 0 Å². The monoisotopic (exact) mass is 268 g/mol. The minimum atomic E-state index is -0.376. The molecule has 0 aliphatic carbocycles. The summed E-state index contributed by atoms with van der Waals surface area (Å²) >= 11 is 0. The van der Waals surface area contributed by atoms with Crippen LogP contribution in [0.2, 0.25) is 0 Å². The largest absolute Gasteiger partial charge is 0.394 e. The van der Waals surface area contributed by atoms with E-state index in [0.717, 1.165) is 5.69 Å². The van der Waals surface area contributed by atoms with Gasteiger partial charge < -0.3 is 20.5 Å². The number of benzene rings is 1. The first-order chi connectivity index (χ1) is 9.04. The standard InChI is InChI=1S/C14H21FN2O2/c1-9-8-19-11(7-18)6-17(9)13-5-3-4-12(15)14(13)10(2)16/h3-5,9-11,18H,6-8,16H2,1-2H3. The molecule has 2 rings (SSSR count). The lowest BCUT2D eigenvalue weighted by Crippen LogP contribution is -2.50. The number of nitrogens with two attached hydrogens (primary N) is 1. The van der Waals surface area contributed by atoms with Gasteiger partial charge in [0.15, 0.2) is 0 Å². The molecule has 1 heterocycles. The van der Waals surface area contributed by atoms with Crippen LogP contribution in [0.25, 0.3) is 0 Å². The maximum atomic E-state index is 14.0. The molecular formula is C14H21FN2O2. The summed E-state index contributed by atoms with van der Waals surface area (Å²) in [6.07, 6.45) is -0.236. The normalized spacial score (nSPS) is 25.4. The second-order valence-electron chi connectivity index (χ2n) is 5.10. The number of halogens is 1. The highest BCUT2D eigenvalue weighted by atomic mass is 19.1. The molecule has 0 bridgehead atoms. The molecule has 19 heavy (non-hydrogen) atoms. The van der Waals surface area contributed by atoms with Gasteiger partial charge in [0.25, 0.3) is 0 Å². The molecule has 4 nitrogen and oxygen atoms in total. The summed E-state index contributed by atoms with van der Waals surface area (Å²) in [5, 5.41) is 9.22. The lowest BCUT2D eigenvalue weighted by Gasteiger charge is -2.40. The molecule has 0 aromatic heterocycles. The summed E-state index contributed by atoms with van der Waals surface area (Å²) in [5.41, 5.74) is 7.20. The molecule has 1 aromatic carbocycles. The van der Waals surface area contributed by atoms with E-state index in [1.54, 1.807) is 13.0 Å². The molecule has 0 spiro atoms. The van der Waals surface area contributed by atoms with E-state index in [4.69, 9.17) is 10.5 Å². The molecular weight excluding hydrogens is 247 g/mol. The minimum Gasteiger partial charge on any atom is -0.394 e. The number of morpholine rings is 1. The highest BCUT2D eigenvalue weighted by Crippen LogP contribution is 2.31. The van der Waals surface area contributed by atoms with Gasteiger partial charge >= 0.3 is 0 Å². The second kappa shape index (κ2) is 5.86. The van der Waals surface area contributed by atoms with Crippen LogP contribution in [0.1, 0.15) is 25.5 Å². The summed E-state index contributed by atoms with van der Waals surface area (Å²) in [7, 11) is 0. The Hall–Kier alpha value is -1.17. The zero-order valence-corrected chi connectivity index (χ0v) is 11.3. The van der Waals surface area contributed by atoms with E-state index < -0.39 is 0 Å². The van der Waals surface area contributed by atoms with E-state index in [2.05, 4.69) is 4.90 Å². The van der Waals surface area contributed by atoms with Gasteiger partial charge in [-0.05, 0) is 26.0 Å². The van der Waals surface area contributed by atoms with E-state index in [0.29, 0.717) is 18.7 Å². The van der Waals surface area contributed by atoms with Crippen molar-refractivity contribution in [1.82, 2.24) is 0 Å². The maximum Gasteiger partial charge on any atom is 0.130 e. The first kappa shape index (κ1) is 14.2. The Balaban J connectivity index is 2.37. The van der Waals surface area contributed by atoms with E-state index in [1.807, 2.05) is 13.0 Å². The predicted molar refractivity (Wildman–Crippen MR) is 72.6 cm³/mol. The summed E-state index contributed by atoms with van der Waals surface area (Å²) in [6.45, 7) is 4.81. The molecule has 3 atom stereocenters. The Bertz CT molecular complexity index is 439. The van der Waals surface area contributed by atoms with E-state index in [-0.39, 0.29) is 30.6 Å². The number of anilines is 1. The molecule has 106 valence electrons. The highest BCUT2D eigenvalue weighted by molar-refractivity contribution is 5.56. The molecule has 5 heteroatoms. The van der Waals surface area contributed by atoms with Crippen molar-refractivity contribution in [2.75, 3.05) is 24.7 Å². The Morgan fingerprint density at radius 3 is 2.95 bits per heavy atom. The number of aliphatic hydroxyl groups excluding tert-OH is 1. The Labute approximate surface area is 113 Å². The first-order valence-corrected chi connectivity index (χ1v) is 6.57. The summed E-state index contributed by atoms with van der Waals surface area (Å²) in [6, 6.07) is 4.74. The van der Waals surface area contributed by atoms with Crippen molar-refractivity contribution in [2.24, 2.45) is 5.73 Å². The van der Waals surface area contributed by atoms with Gasteiger partial charge in [0.05, 0.1) is 19.3 Å². The highest BCUT2D eigenvalue weighted by Gasteiger charge is 2.28. The fourth-order valence-electron chi connectivity index (χ4n) is 2.49. The molecule has 0 saturated carbocycles. The number of hydrogen-bond acceptors (Lipinski definition) is 4. The third kappa shape index (κ3) is 2.88. The van der Waals surface area contributed by atoms with Crippen LogP contribution in [0.5, 0.6) is 0 Å². The van der Waals surface area contributed by atoms with Crippen LogP contribution < -0.4 is 10.6 Å². The van der Waals surface area contributed by atoms with Gasteiger partial charge in [0, 0.05) is 29.9 Å². The van der Waals surface area contributed by atoms with Crippen molar-refractivity contribution in [3.63, 3.8) is 0 Å². The van der Waals surface area contributed by atoms with Crippen LogP contribution in [0.4, 0.5) is 10.1 Å². The van der Waals surface area contributed by atoms with Gasteiger partial charge in [-0.25, -0.2) is 4.39 Å². The van der Waals surface area contributed by atoms with Crippen molar-refractivity contribution in [3.05, 3.63) is 29.6 Å². The second-order valence-corrected chi connectivity index (χ2v) is 5.10. The van der Waals surface area contributed by atoms with Crippen LogP contribution in [0.3, 0.4) is 0 Å². The molecule has 0 radical (unpaired) electrons. The van der Waals surface area contributed by atoms with Crippen molar-refractivity contribution >= 4 is 5.69 Å². The molecule has 0 amide bonds. The van der Waals surface area contributed by atoms with Crippen LogP contribution in [0.15, 0.2) is 18.2 Å². The zero-order valence-electron chi connectivity index (χ0n) is 11.3. The number of aliphatic hydroxyl groups is 1. The molecule has 1 aliphatic rings. The third-order valence-electron chi connectivity index (χ3n) is 3.50. The lowest BCUT2D eigenvalue weighted by molar-refractivity contribution is -0.0104. The Morgan fingerprint density at radius 2 is 2.32 bits per heavy atom. The number of nitrogens with zero attached hydrogens (tertiary/aromatic N) is 1. The van der Waals surface area contributed by atoms with Crippen molar-refractivity contribution in [3.8, 4) is 0 Å². The lowest BCUT2D eigenvalue weighted by atomic mass is 10.0. The zero-order chi connectivity index (χ0) is 14.0. The molecule has 3 unspecified atom stereocenters. The molecule has 1 saturated heterocycles. The van der Waals surface area contributed by atoms with E-state index in [1.165, 1.54) is 6.07 Å². The van der Waals surface area contributed by atoms with Crippen molar-refractivity contribution < 1.29 is 14.2 Å². The quantitative estimate of drug-likeness (QED) is 0.870. The molecule has 1 aromatic rings. The Kier molecular flexibility index (Phi) is 4.39. The summed E-state index contributed by atoms with van der Waals surface area (Å²) in [4.78, 5) is 2.06. The first-order valence-electron chi connectivity index (χ1n) is 6.57. The van der Waals surface area contributed by atoms with Gasteiger partial charge in [0.1, 0.15) is 5.82 Å². The van der Waals surface area contributed by atoms with Gasteiger partial charge in [-0.2, -0.15) is 0 Å². The third-order valence-corrected chi connectivity index (χ3v) is 3.50. The average molecular weight is 268 g/mol. The van der Waals surface area contributed by atoms with Crippen LogP contribution in [-0.2, 0) is 4.74 Å². The van der Waals surface area contributed by atoms with E-state index >= 15 is 0 Å². The fraction of sp³-hybridized carbons (Fsp3) is 0.571. The molecule has 1 fully saturated rings. The van der Waals surface area contributed by atoms with Crippen molar-refractivity contribution in [2.45, 2.75) is 32.0 Å². The maximum absolute atomic E-state index is 14.0. The van der Waals surface area contributed by atoms with E-state index in [9.17, 15) is 9.50 Å². The Morgan fingerprint density at radius 1 is 1.58 bits per heavy atom. The van der Waals surface area contributed by atoms with Gasteiger partial charge in [0.2, 0.25) is 0 Å². The van der Waals surface area contributed by atoms with Gasteiger partial charge in [-0.1, -0.05) is 6.07 Å². The summed E-state index contributed by atoms with van der Waals surface area (Å²) < 4.78 is 19.5. The number of ether oxygens (including phenoxy) is 1. The smallest absolute Gasteiger partial charge is 0.130 e. The molecule has 3 N–H and O–H groups in total. The average Bonchev–Trinajstić information content (AvgIpc) is 2.38. The fourth-order valence-corrected chi connectivity index (χ4v) is 2.49. The minimum absolute atomic E-state index is 0.0357. The number of hydrogen-bond donors (Lipinski definition) is 2.